The molecule has 7 nitrogen and oxygen atoms in total. The molecule has 9 heteroatoms. The largest absolute Gasteiger partial charge is 0.486 e. The van der Waals surface area contributed by atoms with Crippen molar-refractivity contribution in [3.63, 3.8) is 0 Å². The topological polar surface area (TPSA) is 76.2 Å². The van der Waals surface area contributed by atoms with Gasteiger partial charge in [0.15, 0.2) is 11.5 Å². The number of rotatable bonds is 5. The fraction of sp³-hybridized carbons (Fsp3) is 0.409. The van der Waals surface area contributed by atoms with E-state index in [1.807, 2.05) is 0 Å². The number of amides is 1. The van der Waals surface area contributed by atoms with E-state index in [2.05, 4.69) is 6.92 Å². The van der Waals surface area contributed by atoms with Gasteiger partial charge in [0.25, 0.3) is 10.0 Å². The normalized spacial score (nSPS) is 16.8. The highest BCUT2D eigenvalue weighted by Gasteiger charge is 2.31. The standard InChI is InChI=1S/C22H25FN2O5S/c1-16-8-10-24(11-9-16)22(26)15-25(18-4-2-17(23)3-5-18)31(27,28)19-6-7-20-21(14-19)30-13-12-29-20/h2-7,14,16H,8-13,15H2,1H3. The van der Waals surface area contributed by atoms with E-state index < -0.39 is 15.8 Å². The van der Waals surface area contributed by atoms with Crippen LogP contribution >= 0.6 is 0 Å². The second kappa shape index (κ2) is 8.74. The van der Waals surface area contributed by atoms with Gasteiger partial charge in [0, 0.05) is 19.2 Å². The minimum absolute atomic E-state index is 0.0267. The third-order valence-corrected chi connectivity index (χ3v) is 7.40. The van der Waals surface area contributed by atoms with Crippen molar-refractivity contribution in [1.29, 1.82) is 0 Å². The number of nitrogens with zero attached hydrogens (tertiary/aromatic N) is 2. The summed E-state index contributed by atoms with van der Waals surface area (Å²) in [6.07, 6.45) is 1.77. The molecule has 2 aliphatic heterocycles. The van der Waals surface area contributed by atoms with Crippen LogP contribution in [0.5, 0.6) is 11.5 Å². The Morgan fingerprint density at radius 1 is 1.06 bits per heavy atom. The molecule has 0 atom stereocenters. The van der Waals surface area contributed by atoms with Crippen LogP contribution in [0.15, 0.2) is 47.4 Å². The van der Waals surface area contributed by atoms with Gasteiger partial charge >= 0.3 is 0 Å². The van der Waals surface area contributed by atoms with Crippen LogP contribution in [0.1, 0.15) is 19.8 Å². The average Bonchev–Trinajstić information content (AvgIpc) is 2.78. The van der Waals surface area contributed by atoms with E-state index in [9.17, 15) is 17.6 Å². The number of halogens is 1. The first kappa shape index (κ1) is 21.4. The number of sulfonamides is 1. The monoisotopic (exact) mass is 448 g/mol. The average molecular weight is 449 g/mol. The van der Waals surface area contributed by atoms with Crippen LogP contribution in [0, 0.1) is 11.7 Å². The zero-order chi connectivity index (χ0) is 22.0. The lowest BCUT2D eigenvalue weighted by molar-refractivity contribution is -0.130. The summed E-state index contributed by atoms with van der Waals surface area (Å²) < 4.78 is 52.6. The Bertz CT molecular complexity index is 1050. The lowest BCUT2D eigenvalue weighted by atomic mass is 9.99. The molecule has 2 aromatic rings. The highest BCUT2D eigenvalue weighted by atomic mass is 32.2. The molecular weight excluding hydrogens is 423 g/mol. The van der Waals surface area contributed by atoms with Crippen molar-refractivity contribution in [1.82, 2.24) is 4.90 Å². The van der Waals surface area contributed by atoms with Crippen LogP contribution in [-0.4, -0.2) is 52.1 Å². The fourth-order valence-corrected chi connectivity index (χ4v) is 5.14. The number of anilines is 1. The molecule has 1 saturated heterocycles. The smallest absolute Gasteiger partial charge is 0.264 e. The van der Waals surface area contributed by atoms with E-state index in [0.29, 0.717) is 43.7 Å². The molecular formula is C22H25FN2O5S. The summed E-state index contributed by atoms with van der Waals surface area (Å²) in [5, 5.41) is 0. The highest BCUT2D eigenvalue weighted by molar-refractivity contribution is 7.92. The van der Waals surface area contributed by atoms with Gasteiger partial charge in [-0.3, -0.25) is 9.10 Å². The molecule has 0 aromatic heterocycles. The molecule has 0 N–H and O–H groups in total. The summed E-state index contributed by atoms with van der Waals surface area (Å²) in [6.45, 7) is 3.69. The van der Waals surface area contributed by atoms with Gasteiger partial charge in [0.05, 0.1) is 10.6 Å². The van der Waals surface area contributed by atoms with Crippen molar-refractivity contribution in [2.45, 2.75) is 24.7 Å². The van der Waals surface area contributed by atoms with Crippen LogP contribution in [-0.2, 0) is 14.8 Å². The van der Waals surface area contributed by atoms with Crippen LogP contribution in [0.3, 0.4) is 0 Å². The maximum Gasteiger partial charge on any atom is 0.264 e. The van der Waals surface area contributed by atoms with Crippen LogP contribution in [0.25, 0.3) is 0 Å². The SMILES string of the molecule is CC1CCN(C(=O)CN(c2ccc(F)cc2)S(=O)(=O)c2ccc3c(c2)OCCO3)CC1. The van der Waals surface area contributed by atoms with Gasteiger partial charge in [-0.15, -0.1) is 0 Å². The van der Waals surface area contributed by atoms with Crippen molar-refractivity contribution in [2.75, 3.05) is 37.2 Å². The van der Waals surface area contributed by atoms with Crippen molar-refractivity contribution in [2.24, 2.45) is 5.92 Å². The van der Waals surface area contributed by atoms with Gasteiger partial charge in [0.1, 0.15) is 25.6 Å². The Kier molecular flexibility index (Phi) is 6.04. The molecule has 1 amide bonds. The molecule has 2 heterocycles. The van der Waals surface area contributed by atoms with E-state index in [-0.39, 0.29) is 23.0 Å². The zero-order valence-electron chi connectivity index (χ0n) is 17.3. The van der Waals surface area contributed by atoms with E-state index in [1.54, 1.807) is 4.90 Å². The molecule has 0 aliphatic carbocycles. The summed E-state index contributed by atoms with van der Waals surface area (Å²) in [5.41, 5.74) is 0.218. The van der Waals surface area contributed by atoms with Gasteiger partial charge in [-0.25, -0.2) is 12.8 Å². The molecule has 0 radical (unpaired) electrons. The van der Waals surface area contributed by atoms with E-state index in [4.69, 9.17) is 9.47 Å². The third-order valence-electron chi connectivity index (χ3n) is 5.63. The zero-order valence-corrected chi connectivity index (χ0v) is 18.1. The molecule has 0 unspecified atom stereocenters. The summed E-state index contributed by atoms with van der Waals surface area (Å²) in [6, 6.07) is 9.42. The highest BCUT2D eigenvalue weighted by Crippen LogP contribution is 2.34. The Hall–Kier alpha value is -2.81. The fourth-order valence-electron chi connectivity index (χ4n) is 3.71. The maximum absolute atomic E-state index is 13.5. The summed E-state index contributed by atoms with van der Waals surface area (Å²) in [4.78, 5) is 14.6. The van der Waals surface area contributed by atoms with Crippen LogP contribution in [0.4, 0.5) is 10.1 Å². The maximum atomic E-state index is 13.5. The summed E-state index contributed by atoms with van der Waals surface area (Å²) in [5.74, 6) is 0.576. The molecule has 0 bridgehead atoms. The van der Waals surface area contributed by atoms with Gasteiger partial charge < -0.3 is 14.4 Å². The minimum Gasteiger partial charge on any atom is -0.486 e. The van der Waals surface area contributed by atoms with E-state index >= 15 is 0 Å². The van der Waals surface area contributed by atoms with E-state index in [1.165, 1.54) is 42.5 Å². The molecule has 2 aliphatic rings. The van der Waals surface area contributed by atoms with Gasteiger partial charge in [-0.05, 0) is 55.2 Å². The quantitative estimate of drug-likeness (QED) is 0.703. The first-order valence-electron chi connectivity index (χ1n) is 10.3. The Morgan fingerprint density at radius 2 is 1.71 bits per heavy atom. The minimum atomic E-state index is -4.12. The number of hydrogen-bond acceptors (Lipinski definition) is 5. The first-order chi connectivity index (χ1) is 14.8. The summed E-state index contributed by atoms with van der Waals surface area (Å²) >= 11 is 0. The number of ether oxygens (including phenoxy) is 2. The number of likely N-dealkylation sites (tertiary alicyclic amines) is 1. The van der Waals surface area contributed by atoms with Crippen molar-refractivity contribution >= 4 is 21.6 Å². The van der Waals surface area contributed by atoms with E-state index in [0.717, 1.165) is 17.1 Å². The Balaban J connectivity index is 1.66. The van der Waals surface area contributed by atoms with Gasteiger partial charge in [-0.2, -0.15) is 0 Å². The Labute approximate surface area is 181 Å². The number of fused-ring (bicyclic) bond motifs is 1. The third kappa shape index (κ3) is 4.61. The second-order valence-electron chi connectivity index (χ2n) is 7.86. The summed E-state index contributed by atoms with van der Waals surface area (Å²) in [7, 11) is -4.12. The molecule has 0 spiro atoms. The number of carbonyl (C=O) groups excluding carboxylic acids is 1. The lowest BCUT2D eigenvalue weighted by Crippen LogP contribution is -2.45. The predicted molar refractivity (Wildman–Crippen MR) is 113 cm³/mol. The lowest BCUT2D eigenvalue weighted by Gasteiger charge is -2.33. The number of piperidine rings is 1. The molecule has 4 rings (SSSR count). The molecule has 2 aromatic carbocycles. The number of hydrogen-bond donors (Lipinski definition) is 0. The van der Waals surface area contributed by atoms with Crippen molar-refractivity contribution < 1.29 is 27.1 Å². The van der Waals surface area contributed by atoms with Gasteiger partial charge in [-0.1, -0.05) is 6.92 Å². The molecule has 166 valence electrons. The van der Waals surface area contributed by atoms with Crippen LogP contribution < -0.4 is 13.8 Å². The predicted octanol–water partition coefficient (Wildman–Crippen LogP) is 3.05. The number of benzene rings is 2. The molecule has 0 saturated carbocycles. The molecule has 1 fully saturated rings. The Morgan fingerprint density at radius 3 is 2.39 bits per heavy atom. The van der Waals surface area contributed by atoms with Crippen molar-refractivity contribution in [3.05, 3.63) is 48.3 Å². The van der Waals surface area contributed by atoms with Crippen molar-refractivity contribution in [3.8, 4) is 11.5 Å². The second-order valence-corrected chi connectivity index (χ2v) is 9.72. The molecule has 31 heavy (non-hydrogen) atoms. The van der Waals surface area contributed by atoms with Gasteiger partial charge in [0.2, 0.25) is 5.91 Å². The number of carbonyl (C=O) groups is 1. The first-order valence-corrected chi connectivity index (χ1v) is 11.7. The van der Waals surface area contributed by atoms with Crippen LogP contribution in [0.2, 0.25) is 0 Å².